The third-order valence-corrected chi connectivity index (χ3v) is 3.01. The maximum absolute atomic E-state index is 11.2. The highest BCUT2D eigenvalue weighted by molar-refractivity contribution is 9.10. The molecule has 0 saturated heterocycles. The van der Waals surface area contributed by atoms with Crippen LogP contribution in [-0.4, -0.2) is 13.1 Å². The largest absolute Gasteiger partial charge is 0.469 e. The van der Waals surface area contributed by atoms with E-state index in [4.69, 9.17) is 5.26 Å². The van der Waals surface area contributed by atoms with Crippen LogP contribution in [0.1, 0.15) is 23.6 Å². The summed E-state index contributed by atoms with van der Waals surface area (Å²) in [4.78, 5) is 11.2. The van der Waals surface area contributed by atoms with Gasteiger partial charge in [0.25, 0.3) is 0 Å². The molecular formula is C12H12BrNO2. The SMILES string of the molecule is CCc1cc(C#N)c(Br)cc1CC(=O)OC. The van der Waals surface area contributed by atoms with Crippen LogP contribution in [0, 0.1) is 11.3 Å². The van der Waals surface area contributed by atoms with Crippen LogP contribution in [0.5, 0.6) is 0 Å². The number of ether oxygens (including phenoxy) is 1. The number of rotatable bonds is 3. The summed E-state index contributed by atoms with van der Waals surface area (Å²) in [6, 6.07) is 5.72. The Morgan fingerprint density at radius 3 is 2.69 bits per heavy atom. The van der Waals surface area contributed by atoms with Gasteiger partial charge in [0.15, 0.2) is 0 Å². The Hall–Kier alpha value is -1.34. The van der Waals surface area contributed by atoms with Crippen LogP contribution in [-0.2, 0) is 22.4 Å². The van der Waals surface area contributed by atoms with Crippen molar-refractivity contribution in [3.63, 3.8) is 0 Å². The van der Waals surface area contributed by atoms with Gasteiger partial charge in [0.05, 0.1) is 19.1 Å². The van der Waals surface area contributed by atoms with Crippen LogP contribution in [0.25, 0.3) is 0 Å². The number of methoxy groups -OCH3 is 1. The van der Waals surface area contributed by atoms with Crippen molar-refractivity contribution in [2.45, 2.75) is 19.8 Å². The van der Waals surface area contributed by atoms with Gasteiger partial charge in [-0.05, 0) is 45.6 Å². The summed E-state index contributed by atoms with van der Waals surface area (Å²) < 4.78 is 5.34. The van der Waals surface area contributed by atoms with Gasteiger partial charge in [0.1, 0.15) is 6.07 Å². The van der Waals surface area contributed by atoms with Crippen LogP contribution < -0.4 is 0 Å². The van der Waals surface area contributed by atoms with Crippen LogP contribution in [0.3, 0.4) is 0 Å². The average molecular weight is 282 g/mol. The molecule has 1 aromatic carbocycles. The molecule has 3 nitrogen and oxygen atoms in total. The van der Waals surface area contributed by atoms with Crippen molar-refractivity contribution in [2.75, 3.05) is 7.11 Å². The van der Waals surface area contributed by atoms with E-state index in [0.29, 0.717) is 10.0 Å². The number of hydrogen-bond acceptors (Lipinski definition) is 3. The monoisotopic (exact) mass is 281 g/mol. The lowest BCUT2D eigenvalue weighted by Crippen LogP contribution is -2.07. The first-order valence-corrected chi connectivity index (χ1v) is 5.69. The molecule has 0 radical (unpaired) electrons. The second kappa shape index (κ2) is 5.66. The lowest BCUT2D eigenvalue weighted by molar-refractivity contribution is -0.139. The Labute approximate surface area is 103 Å². The predicted molar refractivity (Wildman–Crippen MR) is 64.0 cm³/mol. The minimum Gasteiger partial charge on any atom is -0.469 e. The van der Waals surface area contributed by atoms with Gasteiger partial charge in [0, 0.05) is 4.47 Å². The lowest BCUT2D eigenvalue weighted by Gasteiger charge is -2.08. The van der Waals surface area contributed by atoms with Crippen molar-refractivity contribution < 1.29 is 9.53 Å². The fraction of sp³-hybridized carbons (Fsp3) is 0.333. The smallest absolute Gasteiger partial charge is 0.309 e. The molecule has 0 aliphatic rings. The number of nitrogens with zero attached hydrogens (tertiary/aromatic N) is 1. The van der Waals surface area contributed by atoms with Crippen molar-refractivity contribution in [3.05, 3.63) is 33.3 Å². The number of esters is 1. The molecule has 84 valence electrons. The van der Waals surface area contributed by atoms with E-state index in [0.717, 1.165) is 17.5 Å². The molecule has 4 heteroatoms. The maximum Gasteiger partial charge on any atom is 0.309 e. The Kier molecular flexibility index (Phi) is 4.51. The minimum absolute atomic E-state index is 0.240. The Balaban J connectivity index is 3.14. The molecular weight excluding hydrogens is 270 g/mol. The first kappa shape index (κ1) is 12.7. The van der Waals surface area contributed by atoms with Crippen LogP contribution in [0.2, 0.25) is 0 Å². The molecule has 0 spiro atoms. The lowest BCUT2D eigenvalue weighted by atomic mass is 10.00. The number of benzene rings is 1. The predicted octanol–water partition coefficient (Wildman–Crippen LogP) is 2.60. The first-order chi connectivity index (χ1) is 7.62. The summed E-state index contributed by atoms with van der Waals surface area (Å²) in [5.74, 6) is -0.272. The van der Waals surface area contributed by atoms with Gasteiger partial charge >= 0.3 is 5.97 Å². The van der Waals surface area contributed by atoms with Crippen molar-refractivity contribution in [3.8, 4) is 6.07 Å². The topological polar surface area (TPSA) is 50.1 Å². The molecule has 1 aromatic rings. The molecule has 0 atom stereocenters. The van der Waals surface area contributed by atoms with Crippen molar-refractivity contribution in [1.82, 2.24) is 0 Å². The molecule has 16 heavy (non-hydrogen) atoms. The van der Waals surface area contributed by atoms with E-state index in [9.17, 15) is 4.79 Å². The summed E-state index contributed by atoms with van der Waals surface area (Å²) in [5.41, 5.74) is 2.50. The molecule has 0 aromatic heterocycles. The number of carbonyl (C=O) groups excluding carboxylic acids is 1. The van der Waals surface area contributed by atoms with E-state index in [-0.39, 0.29) is 12.4 Å². The van der Waals surface area contributed by atoms with Crippen LogP contribution in [0.15, 0.2) is 16.6 Å². The molecule has 0 N–H and O–H groups in total. The quantitative estimate of drug-likeness (QED) is 0.801. The third kappa shape index (κ3) is 2.83. The molecule has 0 bridgehead atoms. The number of hydrogen-bond donors (Lipinski definition) is 0. The van der Waals surface area contributed by atoms with E-state index in [1.54, 1.807) is 0 Å². The fourth-order valence-electron chi connectivity index (χ4n) is 1.47. The first-order valence-electron chi connectivity index (χ1n) is 4.90. The third-order valence-electron chi connectivity index (χ3n) is 2.35. The highest BCUT2D eigenvalue weighted by Gasteiger charge is 2.10. The minimum atomic E-state index is -0.272. The van der Waals surface area contributed by atoms with Gasteiger partial charge < -0.3 is 4.74 Å². The van der Waals surface area contributed by atoms with E-state index < -0.39 is 0 Å². The van der Waals surface area contributed by atoms with Crippen LogP contribution in [0.4, 0.5) is 0 Å². The Morgan fingerprint density at radius 2 is 2.19 bits per heavy atom. The highest BCUT2D eigenvalue weighted by Crippen LogP contribution is 2.22. The van der Waals surface area contributed by atoms with Gasteiger partial charge in [-0.15, -0.1) is 0 Å². The number of halogens is 1. The number of carbonyl (C=O) groups is 1. The Morgan fingerprint density at radius 1 is 1.50 bits per heavy atom. The normalized spacial score (nSPS) is 9.62. The second-order valence-corrected chi connectivity index (χ2v) is 4.17. The average Bonchev–Trinajstić information content (AvgIpc) is 2.29. The molecule has 0 aliphatic carbocycles. The van der Waals surface area contributed by atoms with E-state index in [2.05, 4.69) is 26.7 Å². The summed E-state index contributed by atoms with van der Waals surface area (Å²) in [6.45, 7) is 1.99. The van der Waals surface area contributed by atoms with Gasteiger partial charge in [-0.2, -0.15) is 5.26 Å². The Bertz CT molecular complexity index is 449. The number of aryl methyl sites for hydroxylation is 1. The standard InChI is InChI=1S/C12H12BrNO2/c1-3-8-4-10(7-14)11(13)5-9(8)6-12(15)16-2/h4-5H,3,6H2,1-2H3. The van der Waals surface area contributed by atoms with E-state index in [1.807, 2.05) is 19.1 Å². The van der Waals surface area contributed by atoms with Crippen molar-refractivity contribution in [2.24, 2.45) is 0 Å². The molecule has 0 unspecified atom stereocenters. The summed E-state index contributed by atoms with van der Waals surface area (Å²) in [7, 11) is 1.37. The van der Waals surface area contributed by atoms with E-state index >= 15 is 0 Å². The molecule has 0 heterocycles. The van der Waals surface area contributed by atoms with E-state index in [1.165, 1.54) is 7.11 Å². The summed E-state index contributed by atoms with van der Waals surface area (Å²) in [5, 5.41) is 8.89. The maximum atomic E-state index is 11.2. The second-order valence-electron chi connectivity index (χ2n) is 3.32. The zero-order chi connectivity index (χ0) is 12.1. The highest BCUT2D eigenvalue weighted by atomic mass is 79.9. The molecule has 0 aliphatic heterocycles. The van der Waals surface area contributed by atoms with Crippen LogP contribution >= 0.6 is 15.9 Å². The number of nitriles is 1. The van der Waals surface area contributed by atoms with Gasteiger partial charge in [-0.3, -0.25) is 4.79 Å². The fourth-order valence-corrected chi connectivity index (χ4v) is 1.95. The van der Waals surface area contributed by atoms with Gasteiger partial charge in [0.2, 0.25) is 0 Å². The zero-order valence-corrected chi connectivity index (χ0v) is 10.8. The molecule has 0 saturated carbocycles. The zero-order valence-electron chi connectivity index (χ0n) is 9.21. The molecule has 0 fully saturated rings. The van der Waals surface area contributed by atoms with Crippen molar-refractivity contribution in [1.29, 1.82) is 5.26 Å². The summed E-state index contributed by atoms with van der Waals surface area (Å²) in [6.07, 6.45) is 1.03. The van der Waals surface area contributed by atoms with Crippen molar-refractivity contribution >= 4 is 21.9 Å². The van der Waals surface area contributed by atoms with Gasteiger partial charge in [-0.25, -0.2) is 0 Å². The molecule has 0 amide bonds. The van der Waals surface area contributed by atoms with Gasteiger partial charge in [-0.1, -0.05) is 6.92 Å². The summed E-state index contributed by atoms with van der Waals surface area (Å²) >= 11 is 3.31. The molecule has 1 rings (SSSR count).